The van der Waals surface area contributed by atoms with E-state index in [1.54, 1.807) is 23.5 Å². The lowest BCUT2D eigenvalue weighted by molar-refractivity contribution is -0.117. The Morgan fingerprint density at radius 1 is 1.20 bits per heavy atom. The number of thiophene rings is 1. The molecule has 0 radical (unpaired) electrons. The minimum atomic E-state index is -3.25. The largest absolute Gasteiger partial charge is 0.352 e. The molecule has 0 unspecified atom stereocenters. The molecule has 25 heavy (non-hydrogen) atoms. The molecule has 0 bridgehead atoms. The van der Waals surface area contributed by atoms with Crippen molar-refractivity contribution in [2.45, 2.75) is 19.8 Å². The number of hydrogen-bond donors (Lipinski definition) is 2. The molecule has 0 aliphatic rings. The lowest BCUT2D eigenvalue weighted by atomic mass is 10.1. The first-order valence-electron chi connectivity index (χ1n) is 7.90. The summed E-state index contributed by atoms with van der Waals surface area (Å²) in [6, 6.07) is 11.2. The zero-order chi connectivity index (χ0) is 18.3. The van der Waals surface area contributed by atoms with Crippen LogP contribution < -0.4 is 10.0 Å². The van der Waals surface area contributed by atoms with Crippen LogP contribution in [-0.4, -0.2) is 27.1 Å². The van der Waals surface area contributed by atoms with Crippen LogP contribution in [0.3, 0.4) is 0 Å². The van der Waals surface area contributed by atoms with E-state index in [4.69, 9.17) is 0 Å². The molecule has 0 saturated heterocycles. The van der Waals surface area contributed by atoms with Crippen LogP contribution in [0, 0.1) is 0 Å². The summed E-state index contributed by atoms with van der Waals surface area (Å²) in [5.74, 6) is -0.0545. The van der Waals surface area contributed by atoms with E-state index in [9.17, 15) is 13.2 Å². The van der Waals surface area contributed by atoms with E-state index in [0.717, 1.165) is 29.5 Å². The van der Waals surface area contributed by atoms with Gasteiger partial charge in [0.1, 0.15) is 0 Å². The Morgan fingerprint density at radius 3 is 2.52 bits per heavy atom. The predicted octanol–water partition coefficient (Wildman–Crippen LogP) is 3.27. The number of rotatable bonds is 8. The molecule has 1 aromatic heterocycles. The maximum absolute atomic E-state index is 12.0. The normalized spacial score (nSPS) is 12.0. The van der Waals surface area contributed by atoms with Crippen molar-refractivity contribution in [1.29, 1.82) is 0 Å². The molecule has 0 aliphatic carbocycles. The van der Waals surface area contributed by atoms with Gasteiger partial charge in [0.2, 0.25) is 15.9 Å². The number of carbonyl (C=O) groups excluding carboxylic acids is 1. The second-order valence-corrected chi connectivity index (χ2v) is 8.50. The SMILES string of the molecule is C/C(=C\c1cccs1)C(=O)NCCCc1ccc(NS(C)(=O)=O)cc1. The van der Waals surface area contributed by atoms with Gasteiger partial charge in [-0.15, -0.1) is 11.3 Å². The molecule has 7 heteroatoms. The van der Waals surface area contributed by atoms with E-state index < -0.39 is 10.0 Å². The number of aryl methyl sites for hydroxylation is 1. The van der Waals surface area contributed by atoms with Crippen LogP contribution in [0.25, 0.3) is 6.08 Å². The number of hydrogen-bond acceptors (Lipinski definition) is 4. The smallest absolute Gasteiger partial charge is 0.246 e. The molecular formula is C18H22N2O3S2. The van der Waals surface area contributed by atoms with Crippen LogP contribution in [0.4, 0.5) is 5.69 Å². The predicted molar refractivity (Wildman–Crippen MR) is 104 cm³/mol. The number of nitrogens with one attached hydrogen (secondary N) is 2. The summed E-state index contributed by atoms with van der Waals surface area (Å²) in [5, 5.41) is 4.89. The van der Waals surface area contributed by atoms with Gasteiger partial charge in [0.05, 0.1) is 6.26 Å². The number of sulfonamides is 1. The Morgan fingerprint density at radius 2 is 1.92 bits per heavy atom. The molecule has 1 amide bonds. The van der Waals surface area contributed by atoms with Gasteiger partial charge in [0, 0.05) is 22.7 Å². The minimum Gasteiger partial charge on any atom is -0.352 e. The molecule has 1 aromatic carbocycles. The van der Waals surface area contributed by atoms with E-state index in [0.29, 0.717) is 17.8 Å². The van der Waals surface area contributed by atoms with Crippen LogP contribution in [0.15, 0.2) is 47.4 Å². The Kier molecular flexibility index (Phi) is 6.78. The highest BCUT2D eigenvalue weighted by Gasteiger charge is 2.04. The van der Waals surface area contributed by atoms with E-state index in [1.807, 2.05) is 42.6 Å². The average Bonchev–Trinajstić information content (AvgIpc) is 3.04. The average molecular weight is 379 g/mol. The fourth-order valence-electron chi connectivity index (χ4n) is 2.24. The van der Waals surface area contributed by atoms with E-state index in [-0.39, 0.29) is 5.91 Å². The fraction of sp³-hybridized carbons (Fsp3) is 0.278. The number of benzene rings is 1. The van der Waals surface area contributed by atoms with Gasteiger partial charge in [-0.2, -0.15) is 0 Å². The summed E-state index contributed by atoms with van der Waals surface area (Å²) in [7, 11) is -3.25. The Hall–Kier alpha value is -2.12. The Bertz CT molecular complexity index is 824. The molecule has 1 heterocycles. The molecular weight excluding hydrogens is 356 g/mol. The van der Waals surface area contributed by atoms with Crippen LogP contribution in [-0.2, 0) is 21.2 Å². The van der Waals surface area contributed by atoms with Crippen molar-refractivity contribution in [2.75, 3.05) is 17.5 Å². The summed E-state index contributed by atoms with van der Waals surface area (Å²) >= 11 is 1.60. The Balaban J connectivity index is 1.74. The summed E-state index contributed by atoms with van der Waals surface area (Å²) in [6.45, 7) is 2.40. The first kappa shape index (κ1) is 19.2. The maximum atomic E-state index is 12.0. The van der Waals surface area contributed by atoms with Crippen molar-refractivity contribution < 1.29 is 13.2 Å². The number of carbonyl (C=O) groups is 1. The van der Waals surface area contributed by atoms with E-state index in [1.165, 1.54) is 0 Å². The molecule has 0 atom stereocenters. The third-order valence-electron chi connectivity index (χ3n) is 3.45. The van der Waals surface area contributed by atoms with Gasteiger partial charge >= 0.3 is 0 Å². The third-order valence-corrected chi connectivity index (χ3v) is 4.87. The van der Waals surface area contributed by atoms with Crippen molar-refractivity contribution in [3.05, 3.63) is 57.8 Å². The highest BCUT2D eigenvalue weighted by molar-refractivity contribution is 7.92. The summed E-state index contributed by atoms with van der Waals surface area (Å²) in [6.07, 6.45) is 4.63. The molecule has 0 aliphatic heterocycles. The van der Waals surface area contributed by atoms with Gasteiger partial charge in [0.25, 0.3) is 0 Å². The van der Waals surface area contributed by atoms with Crippen LogP contribution in [0.5, 0.6) is 0 Å². The molecule has 2 aromatic rings. The van der Waals surface area contributed by atoms with Gasteiger partial charge < -0.3 is 5.32 Å². The van der Waals surface area contributed by atoms with Crippen LogP contribution in [0.2, 0.25) is 0 Å². The molecule has 2 N–H and O–H groups in total. The van der Waals surface area contributed by atoms with Crippen molar-refractivity contribution >= 4 is 39.0 Å². The van der Waals surface area contributed by atoms with Crippen LogP contribution in [0.1, 0.15) is 23.8 Å². The number of amides is 1. The van der Waals surface area contributed by atoms with E-state index >= 15 is 0 Å². The van der Waals surface area contributed by atoms with Gasteiger partial charge in [-0.05, 0) is 55.0 Å². The summed E-state index contributed by atoms with van der Waals surface area (Å²) < 4.78 is 24.8. The van der Waals surface area contributed by atoms with Gasteiger partial charge in [0.15, 0.2) is 0 Å². The molecule has 0 saturated carbocycles. The fourth-order valence-corrected chi connectivity index (χ4v) is 3.52. The third kappa shape index (κ3) is 7.11. The summed E-state index contributed by atoms with van der Waals surface area (Å²) in [4.78, 5) is 13.1. The first-order valence-corrected chi connectivity index (χ1v) is 10.7. The van der Waals surface area contributed by atoms with Crippen molar-refractivity contribution in [1.82, 2.24) is 5.32 Å². The molecule has 0 spiro atoms. The highest BCUT2D eigenvalue weighted by atomic mass is 32.2. The second-order valence-electron chi connectivity index (χ2n) is 5.77. The maximum Gasteiger partial charge on any atom is 0.246 e. The zero-order valence-corrected chi connectivity index (χ0v) is 15.9. The van der Waals surface area contributed by atoms with Crippen molar-refractivity contribution in [3.63, 3.8) is 0 Å². The molecule has 134 valence electrons. The van der Waals surface area contributed by atoms with Crippen LogP contribution >= 0.6 is 11.3 Å². The highest BCUT2D eigenvalue weighted by Crippen LogP contribution is 2.14. The van der Waals surface area contributed by atoms with Gasteiger partial charge in [-0.1, -0.05) is 18.2 Å². The first-order chi connectivity index (χ1) is 11.8. The lowest BCUT2D eigenvalue weighted by Crippen LogP contribution is -2.25. The topological polar surface area (TPSA) is 75.3 Å². The Labute approximate surface area is 152 Å². The second kappa shape index (κ2) is 8.82. The molecule has 2 rings (SSSR count). The van der Waals surface area contributed by atoms with Gasteiger partial charge in [-0.25, -0.2) is 8.42 Å². The standard InChI is InChI=1S/C18H22N2O3S2/c1-14(13-17-6-4-12-24-17)18(21)19-11-3-5-15-7-9-16(10-8-15)20-25(2,22)23/h4,6-10,12-13,20H,3,5,11H2,1-2H3,(H,19,21)/b14-13+. The van der Waals surface area contributed by atoms with Crippen molar-refractivity contribution in [3.8, 4) is 0 Å². The van der Waals surface area contributed by atoms with Gasteiger partial charge in [-0.3, -0.25) is 9.52 Å². The minimum absolute atomic E-state index is 0.0545. The summed E-state index contributed by atoms with van der Waals surface area (Å²) in [5.41, 5.74) is 2.34. The lowest BCUT2D eigenvalue weighted by Gasteiger charge is -2.07. The van der Waals surface area contributed by atoms with E-state index in [2.05, 4.69) is 10.0 Å². The molecule has 0 fully saturated rings. The molecule has 5 nitrogen and oxygen atoms in total. The monoisotopic (exact) mass is 378 g/mol. The quantitative estimate of drug-likeness (QED) is 0.547. The zero-order valence-electron chi connectivity index (χ0n) is 14.3. The van der Waals surface area contributed by atoms with Crippen molar-refractivity contribution in [2.24, 2.45) is 0 Å². The number of anilines is 1.